The van der Waals surface area contributed by atoms with E-state index >= 15 is 0 Å². The van der Waals surface area contributed by atoms with Gasteiger partial charge in [-0.05, 0) is 80.5 Å². The number of hydrogen-bond acceptors (Lipinski definition) is 5. The van der Waals surface area contributed by atoms with Gasteiger partial charge >= 0.3 is 19.4 Å². The third kappa shape index (κ3) is 4.69. The topological polar surface area (TPSA) is 68.8 Å². The van der Waals surface area contributed by atoms with Crippen molar-refractivity contribution in [2.75, 3.05) is 13.1 Å². The number of hydrogen-bond donors (Lipinski definition) is 2. The van der Waals surface area contributed by atoms with Gasteiger partial charge < -0.3 is 24.7 Å². The highest BCUT2D eigenvalue weighted by molar-refractivity contribution is 6.47. The second-order valence-electron chi connectivity index (χ2n) is 11.4. The lowest BCUT2D eigenvalue weighted by molar-refractivity contribution is -0.199. The number of benzene rings is 1. The van der Waals surface area contributed by atoms with Gasteiger partial charge in [0, 0.05) is 6.54 Å². The number of amides is 1. The second kappa shape index (κ2) is 8.96. The fourth-order valence-electron chi connectivity index (χ4n) is 6.63. The summed E-state index contributed by atoms with van der Waals surface area (Å²) in [5, 5.41) is 6.13. The Bertz CT molecular complexity index is 938. The molecule has 1 aromatic carbocycles. The van der Waals surface area contributed by atoms with Crippen molar-refractivity contribution >= 4 is 13.2 Å². The Labute approximate surface area is 204 Å². The van der Waals surface area contributed by atoms with Crippen molar-refractivity contribution in [2.45, 2.75) is 82.8 Å². The molecule has 2 bridgehead atoms. The van der Waals surface area contributed by atoms with Gasteiger partial charge in [0.2, 0.25) is 0 Å². The first-order chi connectivity index (χ1) is 16.5. The van der Waals surface area contributed by atoms with Crippen LogP contribution in [-0.2, 0) is 26.6 Å². The van der Waals surface area contributed by atoms with Crippen LogP contribution in [0.4, 0.5) is 18.0 Å². The van der Waals surface area contributed by atoms with E-state index in [1.807, 2.05) is 0 Å². The molecule has 3 saturated carbocycles. The lowest BCUT2D eigenvalue weighted by Crippen LogP contribution is -2.65. The average molecular weight is 494 g/mol. The monoisotopic (exact) mass is 494 g/mol. The standard InChI is InChI=1S/C25H34BF3N2O4/c1-23(2)17-12-19(23)24(3)20(13-17)34-26(35-24)21(31-22(32)33-18-5-4-10-30-14-18)11-15-6-8-16(9-7-15)25(27,28)29/h6-9,17-21,30H,4-5,10-14H2,1-3H3,(H,31,32)/t17-,18?,19-,20+,21-,24-/m0/s1. The summed E-state index contributed by atoms with van der Waals surface area (Å²) in [7, 11) is -0.709. The molecule has 5 aliphatic rings. The van der Waals surface area contributed by atoms with Crippen LogP contribution in [0.3, 0.4) is 0 Å². The summed E-state index contributed by atoms with van der Waals surface area (Å²) < 4.78 is 57.6. The number of ether oxygens (including phenoxy) is 1. The van der Waals surface area contributed by atoms with Gasteiger partial charge in [-0.25, -0.2) is 4.79 Å². The van der Waals surface area contributed by atoms with Crippen LogP contribution >= 0.6 is 0 Å². The molecule has 10 heteroatoms. The minimum Gasteiger partial charge on any atom is -0.445 e. The van der Waals surface area contributed by atoms with E-state index in [-0.39, 0.29) is 24.0 Å². The highest BCUT2D eigenvalue weighted by Crippen LogP contribution is 2.65. The van der Waals surface area contributed by atoms with Gasteiger partial charge in [-0.3, -0.25) is 0 Å². The third-order valence-electron chi connectivity index (χ3n) is 8.86. The second-order valence-corrected chi connectivity index (χ2v) is 11.4. The van der Waals surface area contributed by atoms with Crippen molar-refractivity contribution < 1.29 is 32.0 Å². The van der Waals surface area contributed by atoms with E-state index < -0.39 is 36.5 Å². The molecular weight excluding hydrogens is 460 g/mol. The van der Waals surface area contributed by atoms with Gasteiger partial charge in [0.25, 0.3) is 0 Å². The van der Waals surface area contributed by atoms with Gasteiger partial charge in [-0.15, -0.1) is 0 Å². The zero-order valence-electron chi connectivity index (χ0n) is 20.5. The number of alkyl carbamates (subject to hydrolysis) is 1. The van der Waals surface area contributed by atoms with Crippen molar-refractivity contribution in [2.24, 2.45) is 17.3 Å². The normalized spacial score (nSPS) is 34.5. The Kier molecular flexibility index (Phi) is 6.37. The van der Waals surface area contributed by atoms with Crippen molar-refractivity contribution in [1.82, 2.24) is 10.6 Å². The minimum atomic E-state index is -4.40. The maximum Gasteiger partial charge on any atom is 0.482 e. The molecule has 6 rings (SSSR count). The van der Waals surface area contributed by atoms with E-state index in [1.54, 1.807) is 0 Å². The molecule has 6 atom stereocenters. The molecule has 3 aliphatic carbocycles. The summed E-state index contributed by atoms with van der Waals surface area (Å²) in [6, 6.07) is 5.01. The molecule has 192 valence electrons. The summed E-state index contributed by atoms with van der Waals surface area (Å²) >= 11 is 0. The Morgan fingerprint density at radius 3 is 2.63 bits per heavy atom. The molecule has 2 saturated heterocycles. The van der Waals surface area contributed by atoms with Crippen LogP contribution in [0.25, 0.3) is 0 Å². The van der Waals surface area contributed by atoms with Crippen LogP contribution in [-0.4, -0.2) is 50.1 Å². The average Bonchev–Trinajstić information content (AvgIpc) is 3.16. The number of nitrogens with one attached hydrogen (secondary N) is 2. The van der Waals surface area contributed by atoms with Gasteiger partial charge in [0.05, 0.1) is 23.2 Å². The van der Waals surface area contributed by atoms with E-state index in [1.165, 1.54) is 12.1 Å². The number of carbonyl (C=O) groups excluding carboxylic acids is 1. The zero-order chi connectivity index (χ0) is 25.0. The van der Waals surface area contributed by atoms with Gasteiger partial charge in [-0.2, -0.15) is 13.2 Å². The van der Waals surface area contributed by atoms with Crippen LogP contribution in [0.5, 0.6) is 0 Å². The quantitative estimate of drug-likeness (QED) is 0.596. The summed E-state index contributed by atoms with van der Waals surface area (Å²) in [4.78, 5) is 12.8. The molecule has 1 amide bonds. The molecule has 2 heterocycles. The minimum absolute atomic E-state index is 0.0697. The molecule has 0 spiro atoms. The highest BCUT2D eigenvalue weighted by Gasteiger charge is 2.68. The molecule has 0 aromatic heterocycles. The zero-order valence-corrected chi connectivity index (χ0v) is 20.5. The van der Waals surface area contributed by atoms with Crippen molar-refractivity contribution in [1.29, 1.82) is 0 Å². The lowest BCUT2D eigenvalue weighted by Gasteiger charge is -2.64. The highest BCUT2D eigenvalue weighted by atomic mass is 19.4. The van der Waals surface area contributed by atoms with Crippen molar-refractivity contribution in [3.05, 3.63) is 35.4 Å². The molecular formula is C25H34BF3N2O4. The first kappa shape index (κ1) is 24.9. The molecule has 35 heavy (non-hydrogen) atoms. The molecule has 0 radical (unpaired) electrons. The van der Waals surface area contributed by atoms with Gasteiger partial charge in [-0.1, -0.05) is 26.0 Å². The van der Waals surface area contributed by atoms with Crippen LogP contribution in [0, 0.1) is 17.3 Å². The van der Waals surface area contributed by atoms with Crippen LogP contribution in [0.15, 0.2) is 24.3 Å². The van der Waals surface area contributed by atoms with E-state index in [0.717, 1.165) is 44.4 Å². The van der Waals surface area contributed by atoms with Gasteiger partial charge in [0.15, 0.2) is 0 Å². The van der Waals surface area contributed by atoms with Crippen LogP contribution in [0.2, 0.25) is 0 Å². The maximum atomic E-state index is 13.0. The smallest absolute Gasteiger partial charge is 0.445 e. The predicted octanol–water partition coefficient (Wildman–Crippen LogP) is 4.36. The van der Waals surface area contributed by atoms with Crippen LogP contribution in [0.1, 0.15) is 57.6 Å². The van der Waals surface area contributed by atoms with E-state index in [9.17, 15) is 18.0 Å². The third-order valence-corrected chi connectivity index (χ3v) is 8.86. The fraction of sp³-hybridized carbons (Fsp3) is 0.720. The number of rotatable bonds is 5. The Balaban J connectivity index is 1.32. The lowest BCUT2D eigenvalue weighted by atomic mass is 9.43. The summed E-state index contributed by atoms with van der Waals surface area (Å²) in [5.41, 5.74) is -0.337. The molecule has 6 nitrogen and oxygen atoms in total. The number of alkyl halides is 3. The summed E-state index contributed by atoms with van der Waals surface area (Å²) in [5.74, 6) is 0.340. The largest absolute Gasteiger partial charge is 0.482 e. The number of carbonyl (C=O) groups is 1. The first-order valence-corrected chi connectivity index (χ1v) is 12.6. The maximum absolute atomic E-state index is 13.0. The molecule has 1 aromatic rings. The SMILES string of the molecule is CC1(C)[C@@H]2C[C@H]3OB([C@H](Cc4ccc(C(F)(F)F)cc4)NC(=O)OC4CCCNC4)O[C@@]3(C)[C@H]1C2. The Morgan fingerprint density at radius 1 is 1.26 bits per heavy atom. The molecule has 2 N–H and O–H groups in total. The van der Waals surface area contributed by atoms with Gasteiger partial charge in [0.1, 0.15) is 6.10 Å². The molecule has 5 fully saturated rings. The number of piperidine rings is 1. The Hall–Kier alpha value is -1.78. The summed E-state index contributed by atoms with van der Waals surface area (Å²) in [6.45, 7) is 8.15. The molecule has 2 aliphatic heterocycles. The van der Waals surface area contributed by atoms with E-state index in [0.29, 0.717) is 23.9 Å². The fourth-order valence-corrected chi connectivity index (χ4v) is 6.63. The Morgan fingerprint density at radius 2 is 2.00 bits per heavy atom. The van der Waals surface area contributed by atoms with Crippen LogP contribution < -0.4 is 10.6 Å². The molecule has 1 unspecified atom stereocenters. The van der Waals surface area contributed by atoms with E-state index in [4.69, 9.17) is 14.0 Å². The number of halogens is 3. The van der Waals surface area contributed by atoms with Crippen molar-refractivity contribution in [3.63, 3.8) is 0 Å². The first-order valence-electron chi connectivity index (χ1n) is 12.6. The van der Waals surface area contributed by atoms with E-state index in [2.05, 4.69) is 31.4 Å². The predicted molar refractivity (Wildman–Crippen MR) is 125 cm³/mol. The van der Waals surface area contributed by atoms with Crippen molar-refractivity contribution in [3.8, 4) is 0 Å². The summed E-state index contributed by atoms with van der Waals surface area (Å²) in [6.07, 6.45) is -1.25.